The van der Waals surface area contributed by atoms with Crippen LogP contribution >= 0.6 is 11.3 Å². The maximum atomic E-state index is 5.03. The first-order valence-electron chi connectivity index (χ1n) is 36.5. The fourth-order valence-corrected chi connectivity index (χ4v) is 18.2. The Labute approximate surface area is 626 Å². The van der Waals surface area contributed by atoms with Crippen LogP contribution in [0.3, 0.4) is 0 Å². The fourth-order valence-electron chi connectivity index (χ4n) is 16.9. The molecule has 0 saturated carbocycles. The number of nitrogens with zero attached hydrogens (tertiary/aromatic N) is 8. The standard InChI is InChI=1S/C56H36N4.C43H26N4S/c1-5-19-37(20-6-1)53-57-54(38-21-7-2-8-22-38)59-55(58-53)39-33-35-42(36-34-39)60-48-32-18-16-30-46(48)50-49-45-29-15-17-31-47(45)56(40-23-9-3-10-24-40,41-25-11-4-12-26-41)51(49)43-27-13-14-28-44(43)52(50)60;1-3-13-27(14-4-1)41-44-42(28-15-5-2-6-16-28)46-43(45-41)29-23-25-30(26-24-29)47-35-21-11-9-19-33(35)37-38-34-20-10-12-22-36(34)48-40(38)32-18-8-7-17-31(32)39(37)47/h1-36H;1-26H. The van der Waals surface area contributed by atoms with E-state index in [4.69, 9.17) is 29.9 Å². The van der Waals surface area contributed by atoms with Crippen LogP contribution in [0, 0.1) is 0 Å². The van der Waals surface area contributed by atoms with Gasteiger partial charge in [0.2, 0.25) is 0 Å². The molecule has 504 valence electrons. The summed E-state index contributed by atoms with van der Waals surface area (Å²) in [6.45, 7) is 0. The van der Waals surface area contributed by atoms with Crippen LogP contribution in [0.25, 0.3) is 176 Å². The lowest BCUT2D eigenvalue weighted by Gasteiger charge is -2.34. The number of hydrogen-bond acceptors (Lipinski definition) is 7. The average Bonchev–Trinajstić information content (AvgIpc) is 1.50. The zero-order valence-corrected chi connectivity index (χ0v) is 59.1. The molecular weight excluding hydrogens is 1330 g/mol. The monoisotopic (exact) mass is 1390 g/mol. The zero-order valence-electron chi connectivity index (χ0n) is 58.3. The Morgan fingerprint density at radius 3 is 1.02 bits per heavy atom. The van der Waals surface area contributed by atoms with E-state index in [-0.39, 0.29) is 0 Å². The maximum Gasteiger partial charge on any atom is 0.164 e. The molecule has 8 nitrogen and oxygen atoms in total. The van der Waals surface area contributed by atoms with Gasteiger partial charge in [-0.3, -0.25) is 0 Å². The van der Waals surface area contributed by atoms with E-state index in [9.17, 15) is 0 Å². The normalized spacial score (nSPS) is 12.3. The van der Waals surface area contributed by atoms with Gasteiger partial charge >= 0.3 is 0 Å². The summed E-state index contributed by atoms with van der Waals surface area (Å²) in [6.07, 6.45) is 0. The molecule has 1 aliphatic carbocycles. The summed E-state index contributed by atoms with van der Waals surface area (Å²) in [6, 6.07) is 133. The quantitative estimate of drug-likeness (QED) is 0.136. The first-order chi connectivity index (χ1) is 53.6. The average molecular weight is 1400 g/mol. The lowest BCUT2D eigenvalue weighted by atomic mass is 9.66. The van der Waals surface area contributed by atoms with Gasteiger partial charge in [0.1, 0.15) is 0 Å². The molecule has 0 spiro atoms. The van der Waals surface area contributed by atoms with E-state index in [1.165, 1.54) is 113 Å². The highest BCUT2D eigenvalue weighted by Gasteiger charge is 2.48. The van der Waals surface area contributed by atoms with Gasteiger partial charge in [0.15, 0.2) is 34.9 Å². The van der Waals surface area contributed by atoms with Crippen LogP contribution in [-0.2, 0) is 5.41 Å². The Balaban J connectivity index is 0.000000141. The molecule has 0 atom stereocenters. The topological polar surface area (TPSA) is 87.2 Å². The lowest BCUT2D eigenvalue weighted by Crippen LogP contribution is -2.28. The molecular formula is C99H62N8S. The van der Waals surface area contributed by atoms with Crippen molar-refractivity contribution >= 4 is 96.7 Å². The molecule has 0 radical (unpaired) electrons. The van der Waals surface area contributed by atoms with Crippen molar-refractivity contribution in [3.63, 3.8) is 0 Å². The second-order valence-electron chi connectivity index (χ2n) is 27.5. The summed E-state index contributed by atoms with van der Waals surface area (Å²) in [5.41, 5.74) is 19.8. The molecule has 0 unspecified atom stereocenters. The van der Waals surface area contributed by atoms with Gasteiger partial charge in [0.25, 0.3) is 0 Å². The predicted octanol–water partition coefficient (Wildman–Crippen LogP) is 25.0. The van der Waals surface area contributed by atoms with Crippen LogP contribution < -0.4 is 0 Å². The summed E-state index contributed by atoms with van der Waals surface area (Å²) >= 11 is 1.89. The smallest absolute Gasteiger partial charge is 0.164 e. The number of benzene rings is 16. The van der Waals surface area contributed by atoms with Gasteiger partial charge in [-0.15, -0.1) is 11.3 Å². The highest BCUT2D eigenvalue weighted by atomic mass is 32.1. The van der Waals surface area contributed by atoms with Crippen LogP contribution in [0.2, 0.25) is 0 Å². The Kier molecular flexibility index (Phi) is 14.8. The van der Waals surface area contributed by atoms with E-state index >= 15 is 0 Å². The second-order valence-corrected chi connectivity index (χ2v) is 28.5. The Bertz CT molecular complexity index is 6910. The third-order valence-corrected chi connectivity index (χ3v) is 22.7. The molecule has 0 aliphatic heterocycles. The summed E-state index contributed by atoms with van der Waals surface area (Å²) in [5, 5.41) is 12.7. The first kappa shape index (κ1) is 62.4. The van der Waals surface area contributed by atoms with Gasteiger partial charge in [-0.2, -0.15) is 0 Å². The number of hydrogen-bond donors (Lipinski definition) is 0. The first-order valence-corrected chi connectivity index (χ1v) is 37.3. The van der Waals surface area contributed by atoms with Crippen molar-refractivity contribution in [2.75, 3.05) is 0 Å². The minimum absolute atomic E-state index is 0.533. The summed E-state index contributed by atoms with van der Waals surface area (Å²) in [7, 11) is 0. The van der Waals surface area contributed by atoms with Crippen molar-refractivity contribution in [1.29, 1.82) is 0 Å². The third-order valence-electron chi connectivity index (χ3n) is 21.5. The summed E-state index contributed by atoms with van der Waals surface area (Å²) < 4.78 is 7.55. The highest BCUT2D eigenvalue weighted by Crippen LogP contribution is 2.61. The minimum atomic E-state index is -0.533. The van der Waals surface area contributed by atoms with E-state index in [2.05, 4.69) is 264 Å². The molecule has 108 heavy (non-hydrogen) atoms. The number of thiophene rings is 1. The van der Waals surface area contributed by atoms with Crippen LogP contribution in [0.15, 0.2) is 376 Å². The van der Waals surface area contributed by atoms with Crippen LogP contribution in [0.1, 0.15) is 22.3 Å². The van der Waals surface area contributed by atoms with E-state index in [0.29, 0.717) is 34.9 Å². The van der Waals surface area contributed by atoms with E-state index in [1.54, 1.807) is 0 Å². The number of para-hydroxylation sites is 2. The van der Waals surface area contributed by atoms with Gasteiger partial charge in [-0.05, 0) is 105 Å². The van der Waals surface area contributed by atoms with Crippen LogP contribution in [0.4, 0.5) is 0 Å². The molecule has 5 heterocycles. The SMILES string of the molecule is c1ccc(-c2nc(-c3ccccc3)nc(-c3ccc(-n4c5ccccc5c5c6c(c7ccccc7c54)C(c4ccccc4)(c4ccccc4)c4ccccc4-6)cc3)n2)cc1.c1ccc(-c2nc(-c3ccccc3)nc(-c3ccc(-n4c5ccccc5c5c6c7ccccc7sc6c6ccccc6c54)cc3)n2)cc1. The Morgan fingerprint density at radius 1 is 0.241 bits per heavy atom. The van der Waals surface area contributed by atoms with Gasteiger partial charge in [-0.1, -0.05) is 309 Å². The van der Waals surface area contributed by atoms with Gasteiger partial charge < -0.3 is 9.13 Å². The molecule has 22 rings (SSSR count). The summed E-state index contributed by atoms with van der Waals surface area (Å²) in [4.78, 5) is 29.8. The minimum Gasteiger partial charge on any atom is -0.309 e. The van der Waals surface area contributed by atoms with Crippen LogP contribution in [-0.4, -0.2) is 39.0 Å². The van der Waals surface area contributed by atoms with Crippen molar-refractivity contribution in [3.8, 4) is 90.8 Å². The second kappa shape index (κ2) is 25.6. The molecule has 9 heteroatoms. The zero-order chi connectivity index (χ0) is 71.2. The Morgan fingerprint density at radius 2 is 0.565 bits per heavy atom. The molecule has 0 fully saturated rings. The van der Waals surface area contributed by atoms with Gasteiger partial charge in [-0.25, -0.2) is 29.9 Å². The highest BCUT2D eigenvalue weighted by molar-refractivity contribution is 7.27. The number of rotatable bonds is 10. The molecule has 21 aromatic rings. The molecule has 0 N–H and O–H groups in total. The third kappa shape index (κ3) is 9.97. The van der Waals surface area contributed by atoms with Crippen LogP contribution in [0.5, 0.6) is 0 Å². The molecule has 16 aromatic carbocycles. The number of fused-ring (bicyclic) bond motifs is 20. The molecule has 0 bridgehead atoms. The fraction of sp³-hybridized carbons (Fsp3) is 0.0101. The lowest BCUT2D eigenvalue weighted by molar-refractivity contribution is 0.776. The summed E-state index contributed by atoms with van der Waals surface area (Å²) in [5.74, 6) is 3.89. The molecule has 5 aromatic heterocycles. The van der Waals surface area contributed by atoms with Crippen molar-refractivity contribution in [2.24, 2.45) is 0 Å². The van der Waals surface area contributed by atoms with E-state index in [1.807, 2.05) is 133 Å². The van der Waals surface area contributed by atoms with E-state index < -0.39 is 5.41 Å². The van der Waals surface area contributed by atoms with Crippen molar-refractivity contribution in [1.82, 2.24) is 39.0 Å². The molecule has 0 saturated heterocycles. The van der Waals surface area contributed by atoms with Crippen molar-refractivity contribution < 1.29 is 0 Å². The molecule has 0 amide bonds. The predicted molar refractivity (Wildman–Crippen MR) is 446 cm³/mol. The molecule has 1 aliphatic rings. The van der Waals surface area contributed by atoms with Gasteiger partial charge in [0, 0.05) is 103 Å². The van der Waals surface area contributed by atoms with Gasteiger partial charge in [0.05, 0.1) is 27.5 Å². The maximum absolute atomic E-state index is 5.03. The van der Waals surface area contributed by atoms with Crippen molar-refractivity contribution in [2.45, 2.75) is 5.41 Å². The number of aromatic nitrogens is 8. The van der Waals surface area contributed by atoms with Crippen molar-refractivity contribution in [3.05, 3.63) is 398 Å². The Hall–Kier alpha value is -14.1. The largest absolute Gasteiger partial charge is 0.309 e. The van der Waals surface area contributed by atoms with E-state index in [0.717, 1.165) is 50.3 Å².